The van der Waals surface area contributed by atoms with Crippen molar-refractivity contribution < 1.29 is 9.47 Å². The fourth-order valence-electron chi connectivity index (χ4n) is 2.22. The number of nitrogens with zero attached hydrogens (tertiary/aromatic N) is 3. The number of methoxy groups -OCH3 is 2. The van der Waals surface area contributed by atoms with Gasteiger partial charge in [-0.25, -0.2) is 4.98 Å². The molecule has 0 fully saturated rings. The number of imidazole rings is 1. The van der Waals surface area contributed by atoms with Crippen LogP contribution in [0.5, 0.6) is 11.5 Å². The lowest BCUT2D eigenvalue weighted by molar-refractivity contribution is 0.393. The smallest absolute Gasteiger partial charge is 0.166 e. The fraction of sp³-hybridized carbons (Fsp3) is 0.200. The van der Waals surface area contributed by atoms with Crippen LogP contribution in [0.4, 0.5) is 0 Å². The molecule has 0 saturated heterocycles. The minimum Gasteiger partial charge on any atom is -0.497 e. The van der Waals surface area contributed by atoms with Gasteiger partial charge in [0.2, 0.25) is 0 Å². The maximum atomic E-state index is 6.28. The number of nitrogens with one attached hydrogen (secondary N) is 1. The molecule has 0 aliphatic rings. The SMILES string of the molecule is COc1ccc(-n2ccnc2-c2n[nH]c(C)c2Cl)c(OC)c1. The Balaban J connectivity index is 2.15. The summed E-state index contributed by atoms with van der Waals surface area (Å²) in [6.07, 6.45) is 3.53. The highest BCUT2D eigenvalue weighted by molar-refractivity contribution is 6.33. The van der Waals surface area contributed by atoms with Crippen molar-refractivity contribution in [2.24, 2.45) is 0 Å². The number of halogens is 1. The standard InChI is InChI=1S/C15H15ClN4O2/c1-9-13(16)14(19-18-9)15-17-6-7-20(15)11-5-4-10(21-2)8-12(11)22-3/h4-8H,1-3H3,(H,18,19). The van der Waals surface area contributed by atoms with Crippen LogP contribution in [0.2, 0.25) is 5.02 Å². The van der Waals surface area contributed by atoms with Crippen LogP contribution < -0.4 is 9.47 Å². The Kier molecular flexibility index (Phi) is 3.77. The van der Waals surface area contributed by atoms with E-state index in [9.17, 15) is 0 Å². The quantitative estimate of drug-likeness (QED) is 0.802. The third-order valence-corrected chi connectivity index (χ3v) is 3.83. The molecular formula is C15H15ClN4O2. The van der Waals surface area contributed by atoms with Crippen molar-refractivity contribution >= 4 is 11.6 Å². The maximum absolute atomic E-state index is 6.28. The number of aryl methyl sites for hydroxylation is 1. The number of rotatable bonds is 4. The summed E-state index contributed by atoms with van der Waals surface area (Å²) in [7, 11) is 3.23. The molecule has 2 aromatic heterocycles. The molecule has 0 bridgehead atoms. The van der Waals surface area contributed by atoms with Gasteiger partial charge >= 0.3 is 0 Å². The first-order valence-electron chi connectivity index (χ1n) is 6.62. The predicted octanol–water partition coefficient (Wildman–Crippen LogP) is 3.24. The highest BCUT2D eigenvalue weighted by Gasteiger charge is 2.18. The summed E-state index contributed by atoms with van der Waals surface area (Å²) in [5.74, 6) is 2.02. The summed E-state index contributed by atoms with van der Waals surface area (Å²) in [6.45, 7) is 1.86. The van der Waals surface area contributed by atoms with E-state index in [0.717, 1.165) is 17.1 Å². The lowest BCUT2D eigenvalue weighted by atomic mass is 10.2. The predicted molar refractivity (Wildman–Crippen MR) is 84.0 cm³/mol. The van der Waals surface area contributed by atoms with Crippen LogP contribution in [0.1, 0.15) is 5.69 Å². The van der Waals surface area contributed by atoms with Crippen molar-refractivity contribution in [2.45, 2.75) is 6.92 Å². The summed E-state index contributed by atoms with van der Waals surface area (Å²) in [4.78, 5) is 4.36. The van der Waals surface area contributed by atoms with Crippen LogP contribution in [0.15, 0.2) is 30.6 Å². The van der Waals surface area contributed by atoms with E-state index in [-0.39, 0.29) is 0 Å². The molecule has 7 heteroatoms. The van der Waals surface area contributed by atoms with Crippen molar-refractivity contribution in [3.63, 3.8) is 0 Å². The second kappa shape index (κ2) is 5.73. The Bertz CT molecular complexity index is 810. The van der Waals surface area contributed by atoms with Gasteiger partial charge in [0.15, 0.2) is 5.82 Å². The molecule has 0 radical (unpaired) electrons. The van der Waals surface area contributed by atoms with Gasteiger partial charge in [0.1, 0.15) is 17.2 Å². The number of aromatic nitrogens is 4. The zero-order valence-corrected chi connectivity index (χ0v) is 13.2. The van der Waals surface area contributed by atoms with Gasteiger partial charge in [-0.15, -0.1) is 0 Å². The molecule has 2 heterocycles. The molecule has 0 aliphatic heterocycles. The highest BCUT2D eigenvalue weighted by atomic mass is 35.5. The van der Waals surface area contributed by atoms with Crippen LogP contribution in [0.3, 0.4) is 0 Å². The minimum absolute atomic E-state index is 0.555. The number of aromatic amines is 1. The Labute approximate surface area is 132 Å². The monoisotopic (exact) mass is 318 g/mol. The van der Waals surface area contributed by atoms with E-state index in [2.05, 4.69) is 15.2 Å². The van der Waals surface area contributed by atoms with Crippen molar-refractivity contribution in [3.05, 3.63) is 41.3 Å². The first-order chi connectivity index (χ1) is 10.7. The molecule has 1 aromatic carbocycles. The Morgan fingerprint density at radius 1 is 1.23 bits per heavy atom. The number of hydrogen-bond donors (Lipinski definition) is 1. The molecule has 3 aromatic rings. The van der Waals surface area contributed by atoms with E-state index in [1.165, 1.54) is 0 Å². The van der Waals surface area contributed by atoms with Gasteiger partial charge in [-0.2, -0.15) is 5.10 Å². The highest BCUT2D eigenvalue weighted by Crippen LogP contribution is 2.33. The van der Waals surface area contributed by atoms with Crippen molar-refractivity contribution in [2.75, 3.05) is 14.2 Å². The number of H-pyrrole nitrogens is 1. The lowest BCUT2D eigenvalue weighted by Crippen LogP contribution is -2.00. The van der Waals surface area contributed by atoms with Crippen LogP contribution >= 0.6 is 11.6 Å². The van der Waals surface area contributed by atoms with Gasteiger partial charge in [-0.05, 0) is 19.1 Å². The van der Waals surface area contributed by atoms with E-state index in [0.29, 0.717) is 22.3 Å². The molecule has 0 spiro atoms. The van der Waals surface area contributed by atoms with Gasteiger partial charge in [0, 0.05) is 18.5 Å². The number of benzene rings is 1. The average Bonchev–Trinajstić information content (AvgIpc) is 3.14. The van der Waals surface area contributed by atoms with Crippen LogP contribution in [-0.4, -0.2) is 34.0 Å². The summed E-state index contributed by atoms with van der Waals surface area (Å²) in [5.41, 5.74) is 2.22. The third kappa shape index (κ3) is 2.31. The van der Waals surface area contributed by atoms with Crippen LogP contribution in [0.25, 0.3) is 17.2 Å². The molecule has 0 unspecified atom stereocenters. The Hall–Kier alpha value is -2.47. The van der Waals surface area contributed by atoms with Gasteiger partial charge < -0.3 is 9.47 Å². The molecule has 6 nitrogen and oxygen atoms in total. The fourth-order valence-corrected chi connectivity index (χ4v) is 2.39. The average molecular weight is 319 g/mol. The van der Waals surface area contributed by atoms with Crippen molar-refractivity contribution in [3.8, 4) is 28.7 Å². The number of ether oxygens (including phenoxy) is 2. The van der Waals surface area contributed by atoms with Gasteiger partial charge in [-0.3, -0.25) is 9.67 Å². The van der Waals surface area contributed by atoms with Crippen molar-refractivity contribution in [1.29, 1.82) is 0 Å². The van der Waals surface area contributed by atoms with Crippen LogP contribution in [0, 0.1) is 6.92 Å². The van der Waals surface area contributed by atoms with Crippen LogP contribution in [-0.2, 0) is 0 Å². The molecule has 0 aliphatic carbocycles. The summed E-state index contributed by atoms with van der Waals surface area (Å²) < 4.78 is 12.5. The second-order valence-corrected chi connectivity index (χ2v) is 5.05. The van der Waals surface area contributed by atoms with E-state index in [1.807, 2.05) is 35.9 Å². The minimum atomic E-state index is 0.555. The summed E-state index contributed by atoms with van der Waals surface area (Å²) in [6, 6.07) is 5.58. The van der Waals surface area contributed by atoms with E-state index in [1.54, 1.807) is 20.4 Å². The van der Waals surface area contributed by atoms with E-state index >= 15 is 0 Å². The van der Waals surface area contributed by atoms with Gasteiger partial charge in [0.25, 0.3) is 0 Å². The van der Waals surface area contributed by atoms with Gasteiger partial charge in [-0.1, -0.05) is 11.6 Å². The van der Waals surface area contributed by atoms with Gasteiger partial charge in [0.05, 0.1) is 30.6 Å². The molecule has 3 rings (SSSR count). The first kappa shape index (κ1) is 14.5. The van der Waals surface area contributed by atoms with Crippen molar-refractivity contribution in [1.82, 2.24) is 19.7 Å². The summed E-state index contributed by atoms with van der Waals surface area (Å²) in [5, 5.41) is 7.65. The molecule has 0 atom stereocenters. The second-order valence-electron chi connectivity index (χ2n) is 4.67. The lowest BCUT2D eigenvalue weighted by Gasteiger charge is -2.12. The van der Waals surface area contributed by atoms with E-state index in [4.69, 9.17) is 21.1 Å². The normalized spacial score (nSPS) is 10.7. The zero-order chi connectivity index (χ0) is 15.7. The molecule has 0 saturated carbocycles. The Morgan fingerprint density at radius 2 is 2.05 bits per heavy atom. The zero-order valence-electron chi connectivity index (χ0n) is 12.4. The Morgan fingerprint density at radius 3 is 2.68 bits per heavy atom. The maximum Gasteiger partial charge on any atom is 0.166 e. The molecule has 0 amide bonds. The summed E-state index contributed by atoms with van der Waals surface area (Å²) >= 11 is 6.28. The topological polar surface area (TPSA) is 65.0 Å². The molecule has 114 valence electrons. The molecular weight excluding hydrogens is 304 g/mol. The largest absolute Gasteiger partial charge is 0.497 e. The molecule has 1 N–H and O–H groups in total. The number of hydrogen-bond acceptors (Lipinski definition) is 4. The van der Waals surface area contributed by atoms with E-state index < -0.39 is 0 Å². The first-order valence-corrected chi connectivity index (χ1v) is 7.00. The molecule has 22 heavy (non-hydrogen) atoms. The third-order valence-electron chi connectivity index (χ3n) is 3.37.